The highest BCUT2D eigenvalue weighted by Gasteiger charge is 2.39. The first-order valence-corrected chi connectivity index (χ1v) is 8.05. The van der Waals surface area contributed by atoms with Gasteiger partial charge in [-0.05, 0) is 29.5 Å². The van der Waals surface area contributed by atoms with Crippen LogP contribution in [0.1, 0.15) is 33.4 Å². The van der Waals surface area contributed by atoms with E-state index in [4.69, 9.17) is 5.11 Å². The first-order valence-electron chi connectivity index (χ1n) is 8.05. The zero-order valence-corrected chi connectivity index (χ0v) is 14.5. The van der Waals surface area contributed by atoms with Crippen LogP contribution in [0.3, 0.4) is 0 Å². The second kappa shape index (κ2) is 5.87. The van der Waals surface area contributed by atoms with Crippen LogP contribution in [0.5, 0.6) is 0 Å². The molecule has 0 saturated heterocycles. The number of H-pyrrole nitrogens is 1. The Balaban J connectivity index is 2.20. The van der Waals surface area contributed by atoms with Gasteiger partial charge in [0.1, 0.15) is 5.69 Å². The van der Waals surface area contributed by atoms with Crippen molar-refractivity contribution in [3.63, 3.8) is 0 Å². The average molecular weight is 327 g/mol. The van der Waals surface area contributed by atoms with Crippen LogP contribution in [0.4, 0.5) is 5.69 Å². The van der Waals surface area contributed by atoms with E-state index in [0.717, 1.165) is 17.1 Å². The number of rotatable bonds is 3. The van der Waals surface area contributed by atoms with Gasteiger partial charge in [-0.3, -0.25) is 9.89 Å². The molecule has 0 bridgehead atoms. The fourth-order valence-corrected chi connectivity index (χ4v) is 3.22. The summed E-state index contributed by atoms with van der Waals surface area (Å²) in [5.74, 6) is 0.780. The maximum atomic E-state index is 12.4. The highest BCUT2D eigenvalue weighted by molar-refractivity contribution is 6.04. The van der Waals surface area contributed by atoms with Gasteiger partial charge < -0.3 is 5.11 Å². The van der Waals surface area contributed by atoms with Crippen LogP contribution in [0.25, 0.3) is 5.57 Å². The molecule has 0 aromatic carbocycles. The number of fused-ring (bicyclic) bond motifs is 1. The van der Waals surface area contributed by atoms with Crippen LogP contribution in [0.2, 0.25) is 0 Å². The molecule has 126 valence electrons. The molecule has 3 heterocycles. The number of aliphatic hydroxyl groups excluding tert-OH is 1. The van der Waals surface area contributed by atoms with E-state index in [-0.39, 0.29) is 24.1 Å². The summed E-state index contributed by atoms with van der Waals surface area (Å²) < 4.78 is 3.39. The molecule has 2 N–H and O–H groups in total. The minimum Gasteiger partial charge on any atom is -0.394 e. The summed E-state index contributed by atoms with van der Waals surface area (Å²) in [7, 11) is 0. The lowest BCUT2D eigenvalue weighted by molar-refractivity contribution is -0.554. The third kappa shape index (κ3) is 2.63. The highest BCUT2D eigenvalue weighted by atomic mass is 16.3. The lowest BCUT2D eigenvalue weighted by Crippen LogP contribution is -2.44. The molecule has 0 saturated carbocycles. The van der Waals surface area contributed by atoms with E-state index in [1.807, 2.05) is 22.9 Å². The van der Waals surface area contributed by atoms with E-state index in [1.54, 1.807) is 6.20 Å². The predicted molar refractivity (Wildman–Crippen MR) is 93.3 cm³/mol. The van der Waals surface area contributed by atoms with Gasteiger partial charge in [-0.2, -0.15) is 4.57 Å². The largest absolute Gasteiger partial charge is 0.394 e. The first kappa shape index (κ1) is 16.4. The van der Waals surface area contributed by atoms with Gasteiger partial charge in [-0.15, -0.1) is 0 Å². The van der Waals surface area contributed by atoms with Crippen LogP contribution < -0.4 is 10.1 Å². The summed E-state index contributed by atoms with van der Waals surface area (Å²) in [5.41, 5.74) is 3.41. The fourth-order valence-electron chi connectivity index (χ4n) is 3.22. The SMILES string of the molecule is CC1=C(C(C)(C)C)C(=Nc2c[nH]n(CCO)c2=O)[n+]2ccccc21. The normalized spacial score (nSPS) is 16.1. The molecule has 6 nitrogen and oxygen atoms in total. The standard InChI is InChI=1S/C18H22N4O2/c1-12-14-7-5-6-8-21(14)16(15(12)18(2,3)4)20-13-11-19-22(9-10-23)17(13)24/h5-8,11,23H,9-10H2,1-4H3/p+1. The molecule has 0 fully saturated rings. The molecule has 24 heavy (non-hydrogen) atoms. The van der Waals surface area contributed by atoms with Gasteiger partial charge in [0.2, 0.25) is 0 Å². The van der Waals surface area contributed by atoms with E-state index in [0.29, 0.717) is 5.69 Å². The predicted octanol–water partition coefficient (Wildman–Crippen LogP) is 1.87. The van der Waals surface area contributed by atoms with Crippen molar-refractivity contribution in [2.75, 3.05) is 6.61 Å². The second-order valence-electron chi connectivity index (χ2n) is 6.98. The van der Waals surface area contributed by atoms with E-state index in [2.05, 4.69) is 43.9 Å². The molecular weight excluding hydrogens is 304 g/mol. The van der Waals surface area contributed by atoms with Crippen molar-refractivity contribution in [2.45, 2.75) is 34.2 Å². The Morgan fingerprint density at radius 2 is 2.08 bits per heavy atom. The number of hydrogen-bond donors (Lipinski definition) is 2. The molecule has 1 aliphatic rings. The molecule has 1 aliphatic heterocycles. The van der Waals surface area contributed by atoms with E-state index in [1.165, 1.54) is 10.3 Å². The van der Waals surface area contributed by atoms with Gasteiger partial charge in [0.25, 0.3) is 5.69 Å². The topological polar surface area (TPSA) is 74.3 Å². The zero-order valence-electron chi connectivity index (χ0n) is 14.5. The van der Waals surface area contributed by atoms with Crippen molar-refractivity contribution in [1.82, 2.24) is 9.78 Å². The van der Waals surface area contributed by atoms with Gasteiger partial charge in [0.15, 0.2) is 0 Å². The molecule has 0 aliphatic carbocycles. The Kier molecular flexibility index (Phi) is 4.01. The van der Waals surface area contributed by atoms with Crippen molar-refractivity contribution in [1.29, 1.82) is 0 Å². The van der Waals surface area contributed by atoms with Crippen LogP contribution in [-0.4, -0.2) is 27.3 Å². The molecule has 0 radical (unpaired) electrons. The fraction of sp³-hybridized carbons (Fsp3) is 0.389. The number of aliphatic imine (C=N–C) groups is 1. The molecule has 6 heteroatoms. The highest BCUT2D eigenvalue weighted by Crippen LogP contribution is 2.35. The minimum atomic E-state index is -0.229. The van der Waals surface area contributed by atoms with Crippen molar-refractivity contribution in [3.8, 4) is 0 Å². The number of aliphatic hydroxyl groups is 1. The third-order valence-electron chi connectivity index (χ3n) is 4.19. The van der Waals surface area contributed by atoms with Gasteiger partial charge in [0.05, 0.1) is 31.1 Å². The quantitative estimate of drug-likeness (QED) is 0.845. The average Bonchev–Trinajstić information content (AvgIpc) is 3.00. The molecule has 0 amide bonds. The summed E-state index contributed by atoms with van der Waals surface area (Å²) in [4.78, 5) is 17.1. The number of pyridine rings is 1. The van der Waals surface area contributed by atoms with Crippen molar-refractivity contribution in [3.05, 3.63) is 52.2 Å². The van der Waals surface area contributed by atoms with Crippen LogP contribution in [0.15, 0.2) is 46.0 Å². The molecule has 0 atom stereocenters. The third-order valence-corrected chi connectivity index (χ3v) is 4.19. The van der Waals surface area contributed by atoms with E-state index in [9.17, 15) is 4.79 Å². The Hall–Kier alpha value is -2.47. The second-order valence-corrected chi connectivity index (χ2v) is 6.98. The van der Waals surface area contributed by atoms with Crippen molar-refractivity contribution >= 4 is 17.1 Å². The zero-order chi connectivity index (χ0) is 17.5. The lowest BCUT2D eigenvalue weighted by atomic mass is 9.83. The van der Waals surface area contributed by atoms with Gasteiger partial charge in [-0.25, -0.2) is 4.68 Å². The summed E-state index contributed by atoms with van der Waals surface area (Å²) in [6, 6.07) is 6.02. The Bertz CT molecular complexity index is 894. The lowest BCUT2D eigenvalue weighted by Gasteiger charge is -2.18. The number of nitrogens with one attached hydrogen (secondary N) is 1. The van der Waals surface area contributed by atoms with Crippen LogP contribution in [-0.2, 0) is 6.54 Å². The van der Waals surface area contributed by atoms with Crippen molar-refractivity contribution < 1.29 is 9.67 Å². The monoisotopic (exact) mass is 327 g/mol. The molecule has 2 aromatic rings. The Morgan fingerprint density at radius 3 is 2.75 bits per heavy atom. The molecule has 0 spiro atoms. The maximum Gasteiger partial charge on any atom is 0.333 e. The Labute approximate surface area is 140 Å². The van der Waals surface area contributed by atoms with Crippen molar-refractivity contribution in [2.24, 2.45) is 10.4 Å². The van der Waals surface area contributed by atoms with E-state index >= 15 is 0 Å². The Morgan fingerprint density at radius 1 is 1.33 bits per heavy atom. The summed E-state index contributed by atoms with van der Waals surface area (Å²) in [6.07, 6.45) is 3.55. The molecule has 0 unspecified atom stereocenters. The number of hydrogen-bond acceptors (Lipinski definition) is 3. The molecule has 3 rings (SSSR count). The maximum absolute atomic E-state index is 12.4. The van der Waals surface area contributed by atoms with Crippen LogP contribution in [0, 0.1) is 5.41 Å². The number of aromatic nitrogens is 3. The summed E-state index contributed by atoms with van der Waals surface area (Å²) in [5, 5.41) is 11.9. The summed E-state index contributed by atoms with van der Waals surface area (Å²) in [6.45, 7) is 8.67. The minimum absolute atomic E-state index is 0.0970. The smallest absolute Gasteiger partial charge is 0.333 e. The number of aromatic amines is 1. The van der Waals surface area contributed by atoms with Gasteiger partial charge >= 0.3 is 11.4 Å². The van der Waals surface area contributed by atoms with Crippen LogP contribution >= 0.6 is 0 Å². The summed E-state index contributed by atoms with van der Waals surface area (Å²) >= 11 is 0. The number of allylic oxidation sites excluding steroid dienone is 2. The number of nitrogens with zero attached hydrogens (tertiary/aromatic N) is 3. The van der Waals surface area contributed by atoms with Gasteiger partial charge in [-0.1, -0.05) is 26.8 Å². The molecular formula is C18H23N4O2+. The molecule has 2 aromatic heterocycles. The van der Waals surface area contributed by atoms with E-state index < -0.39 is 0 Å². The van der Waals surface area contributed by atoms with Gasteiger partial charge in [0, 0.05) is 5.57 Å². The first-order chi connectivity index (χ1) is 11.3.